The highest BCUT2D eigenvalue weighted by atomic mass is 32.1. The lowest BCUT2D eigenvalue weighted by Gasteiger charge is -2.12. The Morgan fingerprint density at radius 2 is 2.20 bits per heavy atom. The standard InChI is InChI=1S/C15H24N2O2S/c1-5-9-7-10(9)17-15-13(19-8(3)4)12(16)14(20-15)11(18)6-2/h8-10,17H,5-7,16H2,1-4H3. The predicted octanol–water partition coefficient (Wildman–Crippen LogP) is 3.92. The van der Waals surface area contributed by atoms with Crippen molar-refractivity contribution < 1.29 is 9.53 Å². The van der Waals surface area contributed by atoms with E-state index >= 15 is 0 Å². The van der Waals surface area contributed by atoms with E-state index in [9.17, 15) is 4.79 Å². The van der Waals surface area contributed by atoms with Crippen LogP contribution in [0, 0.1) is 5.92 Å². The number of thiophene rings is 1. The van der Waals surface area contributed by atoms with Crippen molar-refractivity contribution in [3.05, 3.63) is 4.88 Å². The fraction of sp³-hybridized carbons (Fsp3) is 0.667. The van der Waals surface area contributed by atoms with Crippen LogP contribution in [0.25, 0.3) is 0 Å². The Balaban J connectivity index is 2.25. The number of Topliss-reactive ketones (excluding diaryl/α,β-unsaturated/α-hetero) is 1. The molecule has 0 spiro atoms. The van der Waals surface area contributed by atoms with Crippen molar-refractivity contribution in [2.24, 2.45) is 5.92 Å². The molecule has 1 aromatic heterocycles. The van der Waals surface area contributed by atoms with E-state index in [2.05, 4.69) is 12.2 Å². The van der Waals surface area contributed by atoms with Crippen LogP contribution in [0.2, 0.25) is 0 Å². The molecule has 0 amide bonds. The molecule has 2 atom stereocenters. The third-order valence-electron chi connectivity index (χ3n) is 3.59. The number of nitrogens with two attached hydrogens (primary N) is 1. The number of anilines is 2. The lowest BCUT2D eigenvalue weighted by molar-refractivity contribution is 0.0992. The number of nitrogen functional groups attached to an aromatic ring is 1. The molecule has 5 heteroatoms. The van der Waals surface area contributed by atoms with E-state index in [0.717, 1.165) is 10.9 Å². The van der Waals surface area contributed by atoms with Gasteiger partial charge in [0.05, 0.1) is 16.7 Å². The Morgan fingerprint density at radius 1 is 1.50 bits per heavy atom. The van der Waals surface area contributed by atoms with Crippen molar-refractivity contribution in [2.45, 2.75) is 59.1 Å². The fourth-order valence-electron chi connectivity index (χ4n) is 2.29. The minimum Gasteiger partial charge on any atom is -0.486 e. The topological polar surface area (TPSA) is 64.3 Å². The number of carbonyl (C=O) groups excluding carboxylic acids is 1. The molecule has 3 N–H and O–H groups in total. The van der Waals surface area contributed by atoms with Crippen molar-refractivity contribution >= 4 is 27.8 Å². The first-order valence-electron chi connectivity index (χ1n) is 7.36. The first-order valence-corrected chi connectivity index (χ1v) is 8.18. The second-order valence-electron chi connectivity index (χ2n) is 5.60. The van der Waals surface area contributed by atoms with Gasteiger partial charge in [-0.15, -0.1) is 11.3 Å². The summed E-state index contributed by atoms with van der Waals surface area (Å²) < 4.78 is 5.82. The van der Waals surface area contributed by atoms with Crippen LogP contribution in [-0.4, -0.2) is 17.9 Å². The van der Waals surface area contributed by atoms with Crippen molar-refractivity contribution in [2.75, 3.05) is 11.1 Å². The van der Waals surface area contributed by atoms with Gasteiger partial charge in [-0.25, -0.2) is 0 Å². The van der Waals surface area contributed by atoms with Crippen LogP contribution in [-0.2, 0) is 0 Å². The van der Waals surface area contributed by atoms with Gasteiger partial charge in [0.25, 0.3) is 0 Å². The van der Waals surface area contributed by atoms with E-state index in [1.165, 1.54) is 24.2 Å². The summed E-state index contributed by atoms with van der Waals surface area (Å²) in [7, 11) is 0. The molecule has 112 valence electrons. The number of hydrogen-bond acceptors (Lipinski definition) is 5. The van der Waals surface area contributed by atoms with Crippen molar-refractivity contribution in [3.63, 3.8) is 0 Å². The number of rotatable bonds is 7. The highest BCUT2D eigenvalue weighted by molar-refractivity contribution is 7.19. The Bertz CT molecular complexity index is 496. The maximum Gasteiger partial charge on any atom is 0.177 e. The molecule has 1 heterocycles. The van der Waals surface area contributed by atoms with Crippen LogP contribution in [0.15, 0.2) is 0 Å². The molecule has 1 aliphatic carbocycles. The Morgan fingerprint density at radius 3 is 2.70 bits per heavy atom. The van der Waals surface area contributed by atoms with E-state index in [1.807, 2.05) is 20.8 Å². The Kier molecular flexibility index (Phi) is 4.58. The lowest BCUT2D eigenvalue weighted by Crippen LogP contribution is -2.10. The molecular weight excluding hydrogens is 272 g/mol. The van der Waals surface area contributed by atoms with Gasteiger partial charge in [-0.1, -0.05) is 20.3 Å². The van der Waals surface area contributed by atoms with Gasteiger partial charge in [-0.2, -0.15) is 0 Å². The largest absolute Gasteiger partial charge is 0.486 e. The van der Waals surface area contributed by atoms with Gasteiger partial charge in [-0.05, 0) is 26.2 Å². The third kappa shape index (κ3) is 3.08. The second kappa shape index (κ2) is 6.04. The van der Waals surface area contributed by atoms with E-state index in [1.54, 1.807) is 0 Å². The first kappa shape index (κ1) is 15.2. The lowest BCUT2D eigenvalue weighted by atomic mass is 10.2. The molecule has 2 unspecified atom stereocenters. The summed E-state index contributed by atoms with van der Waals surface area (Å²) >= 11 is 1.43. The molecule has 1 aliphatic rings. The Labute approximate surface area is 124 Å². The number of ether oxygens (including phenoxy) is 1. The number of carbonyl (C=O) groups is 1. The molecule has 0 aromatic carbocycles. The molecular formula is C15H24N2O2S. The third-order valence-corrected chi connectivity index (χ3v) is 4.75. The first-order chi connectivity index (χ1) is 9.47. The van der Waals surface area contributed by atoms with E-state index in [4.69, 9.17) is 10.5 Å². The average Bonchev–Trinajstić information content (AvgIpc) is 3.10. The number of nitrogens with one attached hydrogen (secondary N) is 1. The summed E-state index contributed by atoms with van der Waals surface area (Å²) in [6.07, 6.45) is 2.87. The van der Waals surface area contributed by atoms with E-state index < -0.39 is 0 Å². The minimum absolute atomic E-state index is 0.0400. The summed E-state index contributed by atoms with van der Waals surface area (Å²) in [5.74, 6) is 1.47. The molecule has 20 heavy (non-hydrogen) atoms. The molecule has 0 saturated heterocycles. The molecule has 0 bridgehead atoms. The summed E-state index contributed by atoms with van der Waals surface area (Å²) in [6.45, 7) is 7.99. The van der Waals surface area contributed by atoms with Gasteiger partial charge >= 0.3 is 0 Å². The van der Waals surface area contributed by atoms with Gasteiger partial charge in [0.1, 0.15) is 5.00 Å². The second-order valence-corrected chi connectivity index (χ2v) is 6.62. The summed E-state index contributed by atoms with van der Waals surface area (Å²) in [4.78, 5) is 12.6. The van der Waals surface area contributed by atoms with Gasteiger partial charge in [0.2, 0.25) is 0 Å². The van der Waals surface area contributed by atoms with Crippen molar-refractivity contribution in [1.29, 1.82) is 0 Å². The summed E-state index contributed by atoms with van der Waals surface area (Å²) in [6, 6.07) is 0.497. The highest BCUT2D eigenvalue weighted by Gasteiger charge is 2.37. The van der Waals surface area contributed by atoms with Gasteiger partial charge in [0, 0.05) is 12.5 Å². The molecule has 2 rings (SSSR count). The van der Waals surface area contributed by atoms with E-state index in [-0.39, 0.29) is 11.9 Å². The maximum absolute atomic E-state index is 12.0. The molecule has 1 aromatic rings. The van der Waals surface area contributed by atoms with Crippen molar-refractivity contribution in [3.8, 4) is 5.75 Å². The number of hydrogen-bond donors (Lipinski definition) is 2. The summed E-state index contributed by atoms with van der Waals surface area (Å²) in [5, 5.41) is 4.40. The average molecular weight is 296 g/mol. The minimum atomic E-state index is 0.0400. The predicted molar refractivity (Wildman–Crippen MR) is 84.9 cm³/mol. The fourth-order valence-corrected chi connectivity index (χ4v) is 3.41. The van der Waals surface area contributed by atoms with Crippen LogP contribution < -0.4 is 15.8 Å². The normalized spacial score (nSPS) is 21.1. The summed E-state index contributed by atoms with van der Waals surface area (Å²) in [5.41, 5.74) is 6.61. The zero-order chi connectivity index (χ0) is 14.9. The molecule has 1 saturated carbocycles. The monoisotopic (exact) mass is 296 g/mol. The van der Waals surface area contributed by atoms with Crippen LogP contribution in [0.3, 0.4) is 0 Å². The smallest absolute Gasteiger partial charge is 0.177 e. The van der Waals surface area contributed by atoms with Gasteiger partial charge in [-0.3, -0.25) is 4.79 Å². The molecule has 0 aliphatic heterocycles. The quantitative estimate of drug-likeness (QED) is 0.748. The van der Waals surface area contributed by atoms with Crippen LogP contribution in [0.5, 0.6) is 5.75 Å². The van der Waals surface area contributed by atoms with Crippen LogP contribution in [0.4, 0.5) is 10.7 Å². The zero-order valence-corrected chi connectivity index (χ0v) is 13.5. The molecule has 4 nitrogen and oxygen atoms in total. The molecule has 1 fully saturated rings. The SMILES string of the molecule is CCC(=O)c1sc(NC2CC2CC)c(OC(C)C)c1N. The Hall–Kier alpha value is -1.23. The molecule has 0 radical (unpaired) electrons. The van der Waals surface area contributed by atoms with Gasteiger partial charge < -0.3 is 15.8 Å². The number of ketones is 1. The van der Waals surface area contributed by atoms with Crippen molar-refractivity contribution in [1.82, 2.24) is 0 Å². The van der Waals surface area contributed by atoms with E-state index in [0.29, 0.717) is 28.8 Å². The highest BCUT2D eigenvalue weighted by Crippen LogP contribution is 2.47. The van der Waals surface area contributed by atoms with Crippen LogP contribution >= 0.6 is 11.3 Å². The van der Waals surface area contributed by atoms with Gasteiger partial charge in [0.15, 0.2) is 11.5 Å². The zero-order valence-electron chi connectivity index (χ0n) is 12.7. The maximum atomic E-state index is 12.0. The van der Waals surface area contributed by atoms with Crippen LogP contribution in [0.1, 0.15) is 56.6 Å².